The second-order valence-corrected chi connectivity index (χ2v) is 5.09. The molecule has 0 atom stereocenters. The molecule has 0 amide bonds. The fourth-order valence-corrected chi connectivity index (χ4v) is 2.03. The number of rotatable bonds is 5. The predicted molar refractivity (Wildman–Crippen MR) is 80.7 cm³/mol. The second-order valence-electron chi connectivity index (χ2n) is 5.09. The number of benzene rings is 2. The zero-order chi connectivity index (χ0) is 14.5. The van der Waals surface area contributed by atoms with Crippen molar-refractivity contribution in [3.63, 3.8) is 0 Å². The molecule has 0 bridgehead atoms. The van der Waals surface area contributed by atoms with Gasteiger partial charge in [0.25, 0.3) is 0 Å². The van der Waals surface area contributed by atoms with E-state index in [1.54, 1.807) is 6.07 Å². The van der Waals surface area contributed by atoms with E-state index in [0.717, 1.165) is 22.6 Å². The number of nitrogens with one attached hydrogen (secondary N) is 1. The Morgan fingerprint density at radius 1 is 1.15 bits per heavy atom. The molecule has 2 rings (SSSR count). The Balaban J connectivity index is 2.10. The van der Waals surface area contributed by atoms with Gasteiger partial charge in [0, 0.05) is 17.8 Å². The minimum Gasteiger partial charge on any atom is -0.491 e. The molecule has 2 nitrogen and oxygen atoms in total. The maximum atomic E-state index is 13.1. The first-order valence-electron chi connectivity index (χ1n) is 6.81. The average Bonchev–Trinajstić information content (AvgIpc) is 2.39. The Hall–Kier alpha value is -2.03. The number of ether oxygens (including phenoxy) is 1. The highest BCUT2D eigenvalue weighted by Crippen LogP contribution is 2.22. The molecule has 0 heterocycles. The van der Waals surface area contributed by atoms with E-state index in [9.17, 15) is 4.39 Å². The van der Waals surface area contributed by atoms with Gasteiger partial charge in [-0.05, 0) is 50.6 Å². The number of hydrogen-bond acceptors (Lipinski definition) is 2. The molecule has 0 spiro atoms. The van der Waals surface area contributed by atoms with E-state index in [-0.39, 0.29) is 11.9 Å². The smallest absolute Gasteiger partial charge is 0.124 e. The Kier molecular flexibility index (Phi) is 4.61. The van der Waals surface area contributed by atoms with E-state index < -0.39 is 0 Å². The van der Waals surface area contributed by atoms with Crippen molar-refractivity contribution in [1.29, 1.82) is 0 Å². The summed E-state index contributed by atoms with van der Waals surface area (Å²) in [5.41, 5.74) is 2.92. The molecule has 0 radical (unpaired) electrons. The summed E-state index contributed by atoms with van der Waals surface area (Å²) < 4.78 is 18.9. The highest BCUT2D eigenvalue weighted by atomic mass is 19.1. The molecule has 0 saturated heterocycles. The predicted octanol–water partition coefficient (Wildman–Crippen LogP) is 4.53. The van der Waals surface area contributed by atoms with Crippen LogP contribution in [0.3, 0.4) is 0 Å². The van der Waals surface area contributed by atoms with Crippen molar-refractivity contribution in [1.82, 2.24) is 0 Å². The largest absolute Gasteiger partial charge is 0.491 e. The van der Waals surface area contributed by atoms with E-state index in [4.69, 9.17) is 4.74 Å². The molecule has 2 aromatic rings. The van der Waals surface area contributed by atoms with E-state index in [0.29, 0.717) is 6.54 Å². The van der Waals surface area contributed by atoms with Crippen molar-refractivity contribution < 1.29 is 9.13 Å². The lowest BCUT2D eigenvalue weighted by atomic mass is 10.1. The second kappa shape index (κ2) is 6.42. The van der Waals surface area contributed by atoms with Crippen molar-refractivity contribution in [2.75, 3.05) is 5.32 Å². The van der Waals surface area contributed by atoms with Gasteiger partial charge in [-0.15, -0.1) is 0 Å². The van der Waals surface area contributed by atoms with Crippen molar-refractivity contribution in [3.05, 3.63) is 59.4 Å². The molecule has 3 heteroatoms. The first-order chi connectivity index (χ1) is 9.56. The summed E-state index contributed by atoms with van der Waals surface area (Å²) in [7, 11) is 0. The van der Waals surface area contributed by atoms with Gasteiger partial charge in [0.2, 0.25) is 0 Å². The Bertz CT molecular complexity index is 581. The van der Waals surface area contributed by atoms with Crippen LogP contribution in [0.25, 0.3) is 0 Å². The van der Waals surface area contributed by atoms with Crippen molar-refractivity contribution in [2.45, 2.75) is 33.4 Å². The molecular formula is C17H20FNO. The lowest BCUT2D eigenvalue weighted by Gasteiger charge is -2.15. The third-order valence-corrected chi connectivity index (χ3v) is 2.99. The van der Waals surface area contributed by atoms with Crippen molar-refractivity contribution >= 4 is 5.69 Å². The summed E-state index contributed by atoms with van der Waals surface area (Å²) in [5, 5.41) is 3.32. The number of anilines is 1. The van der Waals surface area contributed by atoms with Crippen molar-refractivity contribution in [3.8, 4) is 5.75 Å². The van der Waals surface area contributed by atoms with E-state index >= 15 is 0 Å². The maximum absolute atomic E-state index is 13.1. The molecule has 1 N–H and O–H groups in total. The van der Waals surface area contributed by atoms with Crippen LogP contribution in [0.4, 0.5) is 10.1 Å². The van der Waals surface area contributed by atoms with Gasteiger partial charge in [-0.3, -0.25) is 0 Å². The SMILES string of the molecule is Cc1cc(F)ccc1NCc1ccccc1OC(C)C. The summed E-state index contributed by atoms with van der Waals surface area (Å²) in [6, 6.07) is 12.7. The molecule has 2 aromatic carbocycles. The number of aryl methyl sites for hydroxylation is 1. The molecule has 0 aromatic heterocycles. The Labute approximate surface area is 119 Å². The zero-order valence-electron chi connectivity index (χ0n) is 12.1. The van der Waals surface area contributed by atoms with Gasteiger partial charge >= 0.3 is 0 Å². The first kappa shape index (κ1) is 14.4. The summed E-state index contributed by atoms with van der Waals surface area (Å²) >= 11 is 0. The highest BCUT2D eigenvalue weighted by Gasteiger charge is 2.06. The Morgan fingerprint density at radius 3 is 2.60 bits per heavy atom. The molecule has 20 heavy (non-hydrogen) atoms. The van der Waals surface area contributed by atoms with Gasteiger partial charge in [0.1, 0.15) is 11.6 Å². The van der Waals surface area contributed by atoms with Crippen molar-refractivity contribution in [2.24, 2.45) is 0 Å². The molecule has 0 aliphatic carbocycles. The lowest BCUT2D eigenvalue weighted by Crippen LogP contribution is -2.09. The van der Waals surface area contributed by atoms with Crippen LogP contribution in [0.15, 0.2) is 42.5 Å². The van der Waals surface area contributed by atoms with Crippen LogP contribution in [0, 0.1) is 12.7 Å². The quantitative estimate of drug-likeness (QED) is 0.864. The van der Waals surface area contributed by atoms with E-state index in [2.05, 4.69) is 5.32 Å². The van der Waals surface area contributed by atoms with Gasteiger partial charge in [-0.1, -0.05) is 18.2 Å². The molecule has 0 aliphatic heterocycles. The van der Waals surface area contributed by atoms with Crippen LogP contribution in [-0.2, 0) is 6.54 Å². The van der Waals surface area contributed by atoms with Gasteiger partial charge in [0.05, 0.1) is 6.10 Å². The van der Waals surface area contributed by atoms with Gasteiger partial charge in [-0.25, -0.2) is 4.39 Å². The minimum absolute atomic E-state index is 0.142. The topological polar surface area (TPSA) is 21.3 Å². The van der Waals surface area contributed by atoms with E-state index in [1.807, 2.05) is 45.0 Å². The molecule has 0 aliphatic rings. The van der Waals surface area contributed by atoms with Crippen LogP contribution < -0.4 is 10.1 Å². The Morgan fingerprint density at radius 2 is 1.90 bits per heavy atom. The third-order valence-electron chi connectivity index (χ3n) is 2.99. The van der Waals surface area contributed by atoms with Crippen LogP contribution in [0.1, 0.15) is 25.0 Å². The van der Waals surface area contributed by atoms with Gasteiger partial charge in [0.15, 0.2) is 0 Å². The highest BCUT2D eigenvalue weighted by molar-refractivity contribution is 5.51. The number of halogens is 1. The summed E-state index contributed by atoms with van der Waals surface area (Å²) in [6.45, 7) is 6.56. The zero-order valence-corrected chi connectivity index (χ0v) is 12.1. The van der Waals surface area contributed by atoms with Gasteiger partial charge in [-0.2, -0.15) is 0 Å². The lowest BCUT2D eigenvalue weighted by molar-refractivity contribution is 0.240. The molecule has 0 fully saturated rings. The summed E-state index contributed by atoms with van der Waals surface area (Å²) in [4.78, 5) is 0. The first-order valence-corrected chi connectivity index (χ1v) is 6.81. The molecule has 0 unspecified atom stereocenters. The average molecular weight is 273 g/mol. The van der Waals surface area contributed by atoms with Crippen LogP contribution in [0.2, 0.25) is 0 Å². The normalized spacial score (nSPS) is 10.7. The molecule has 0 saturated carbocycles. The van der Waals surface area contributed by atoms with Crippen LogP contribution in [-0.4, -0.2) is 6.10 Å². The maximum Gasteiger partial charge on any atom is 0.124 e. The summed E-state index contributed by atoms with van der Waals surface area (Å²) in [5.74, 6) is 0.673. The number of para-hydroxylation sites is 1. The molecular weight excluding hydrogens is 253 g/mol. The van der Waals surface area contributed by atoms with E-state index in [1.165, 1.54) is 12.1 Å². The summed E-state index contributed by atoms with van der Waals surface area (Å²) in [6.07, 6.45) is 0.142. The van der Waals surface area contributed by atoms with Crippen LogP contribution >= 0.6 is 0 Å². The standard InChI is InChI=1S/C17H20FNO/c1-12(2)20-17-7-5-4-6-14(17)11-19-16-9-8-15(18)10-13(16)3/h4-10,12,19H,11H2,1-3H3. The monoisotopic (exact) mass is 273 g/mol. The third kappa shape index (κ3) is 3.73. The fraction of sp³-hybridized carbons (Fsp3) is 0.294. The fourth-order valence-electron chi connectivity index (χ4n) is 2.03. The number of hydrogen-bond donors (Lipinski definition) is 1. The van der Waals surface area contributed by atoms with Crippen LogP contribution in [0.5, 0.6) is 5.75 Å². The molecule has 106 valence electrons. The minimum atomic E-state index is -0.211. The van der Waals surface area contributed by atoms with Gasteiger partial charge < -0.3 is 10.1 Å².